The molecule has 0 aliphatic carbocycles. The Hall–Kier alpha value is -2.78. The SMILES string of the molecule is CC(C)(C)OC(=O)NC1CCN(C[C@H]2CC[C@@H]3[C@H](O2)c2cc(C(F)(F)F)ccc2N[C@H]3c2ccccc2)CC1. The van der Waals surface area contributed by atoms with Crippen molar-refractivity contribution in [2.45, 2.75) is 82.5 Å². The van der Waals surface area contributed by atoms with E-state index in [2.05, 4.69) is 27.7 Å². The Kier molecular flexibility index (Phi) is 7.84. The normalized spacial score (nSPS) is 26.2. The summed E-state index contributed by atoms with van der Waals surface area (Å²) in [5, 5.41) is 6.49. The number of amides is 1. The summed E-state index contributed by atoms with van der Waals surface area (Å²) in [5.41, 5.74) is 1.22. The minimum Gasteiger partial charge on any atom is -0.444 e. The molecule has 2 aromatic carbocycles. The zero-order valence-corrected chi connectivity index (χ0v) is 22.8. The van der Waals surface area contributed by atoms with E-state index in [1.807, 2.05) is 39.0 Å². The quantitative estimate of drug-likeness (QED) is 0.448. The molecule has 9 heteroatoms. The maximum atomic E-state index is 13.6. The average Bonchev–Trinajstić information content (AvgIpc) is 2.88. The lowest BCUT2D eigenvalue weighted by Gasteiger charge is -2.47. The smallest absolute Gasteiger partial charge is 0.416 e. The fourth-order valence-electron chi connectivity index (χ4n) is 6.08. The Labute approximate surface area is 228 Å². The van der Waals surface area contributed by atoms with E-state index in [4.69, 9.17) is 9.47 Å². The van der Waals surface area contributed by atoms with Crippen LogP contribution < -0.4 is 10.6 Å². The Balaban J connectivity index is 1.26. The van der Waals surface area contributed by atoms with Gasteiger partial charge in [0.1, 0.15) is 5.60 Å². The molecule has 2 saturated heterocycles. The third kappa shape index (κ3) is 6.69. The predicted octanol–water partition coefficient (Wildman–Crippen LogP) is 6.70. The number of carbonyl (C=O) groups excluding carboxylic acids is 1. The maximum Gasteiger partial charge on any atom is 0.416 e. The van der Waals surface area contributed by atoms with Gasteiger partial charge in [-0.2, -0.15) is 13.2 Å². The second-order valence-electron chi connectivity index (χ2n) is 12.0. The number of ether oxygens (including phenoxy) is 2. The van der Waals surface area contributed by atoms with Crippen LogP contribution in [0.1, 0.15) is 75.3 Å². The first kappa shape index (κ1) is 27.8. The Bertz CT molecular complexity index is 1140. The van der Waals surface area contributed by atoms with E-state index in [9.17, 15) is 18.0 Å². The molecule has 2 fully saturated rings. The second-order valence-corrected chi connectivity index (χ2v) is 12.0. The summed E-state index contributed by atoms with van der Waals surface area (Å²) in [7, 11) is 0. The number of carbonyl (C=O) groups is 1. The summed E-state index contributed by atoms with van der Waals surface area (Å²) in [6.07, 6.45) is -1.96. The number of halogens is 3. The third-order valence-electron chi connectivity index (χ3n) is 7.90. The highest BCUT2D eigenvalue weighted by molar-refractivity contribution is 5.68. The van der Waals surface area contributed by atoms with Gasteiger partial charge in [-0.05, 0) is 70.2 Å². The zero-order valence-electron chi connectivity index (χ0n) is 22.8. The minimum atomic E-state index is -4.41. The fraction of sp³-hybridized carbons (Fsp3) is 0.567. The third-order valence-corrected chi connectivity index (χ3v) is 7.90. The van der Waals surface area contributed by atoms with Gasteiger partial charge in [0.2, 0.25) is 0 Å². The molecule has 2 aromatic rings. The molecule has 0 unspecified atom stereocenters. The van der Waals surface area contributed by atoms with Crippen LogP contribution in [-0.2, 0) is 15.7 Å². The van der Waals surface area contributed by atoms with Gasteiger partial charge in [-0.15, -0.1) is 0 Å². The largest absolute Gasteiger partial charge is 0.444 e. The molecule has 0 radical (unpaired) electrons. The lowest BCUT2D eigenvalue weighted by molar-refractivity contribution is -0.138. The number of fused-ring (bicyclic) bond motifs is 3. The van der Waals surface area contributed by atoms with Crippen molar-refractivity contribution in [3.8, 4) is 0 Å². The average molecular weight is 546 g/mol. The number of benzene rings is 2. The van der Waals surface area contributed by atoms with Gasteiger partial charge in [-0.3, -0.25) is 0 Å². The standard InChI is InChI=1S/C30H38F3N3O3/c1-29(2,3)39-28(37)34-21-13-15-36(16-14-21)18-22-10-11-23-26(19-7-5-4-6-8-19)35-25-12-9-20(30(31,32)33)17-24(25)27(23)38-22/h4-9,12,17,21-23,26-27,35H,10-11,13-16,18H2,1-3H3,(H,34,37)/t22-,23+,26+,27+/m1/s1. The number of rotatable bonds is 4. The molecule has 3 heterocycles. The predicted molar refractivity (Wildman–Crippen MR) is 143 cm³/mol. The Morgan fingerprint density at radius 2 is 1.77 bits per heavy atom. The van der Waals surface area contributed by atoms with Gasteiger partial charge in [0.15, 0.2) is 0 Å². The number of hydrogen-bond acceptors (Lipinski definition) is 5. The maximum absolute atomic E-state index is 13.6. The van der Waals surface area contributed by atoms with E-state index >= 15 is 0 Å². The number of alkyl carbamates (subject to hydrolysis) is 1. The van der Waals surface area contributed by atoms with Gasteiger partial charge in [0.25, 0.3) is 0 Å². The number of alkyl halides is 3. The first-order valence-electron chi connectivity index (χ1n) is 13.9. The highest BCUT2D eigenvalue weighted by Gasteiger charge is 2.44. The molecule has 0 bridgehead atoms. The number of piperidine rings is 1. The van der Waals surface area contributed by atoms with Crippen LogP contribution in [0.2, 0.25) is 0 Å². The van der Waals surface area contributed by atoms with Crippen molar-refractivity contribution in [3.05, 3.63) is 65.2 Å². The van der Waals surface area contributed by atoms with Crippen molar-refractivity contribution < 1.29 is 27.4 Å². The molecular weight excluding hydrogens is 507 g/mol. The van der Waals surface area contributed by atoms with E-state index in [-0.39, 0.29) is 24.1 Å². The molecule has 0 aromatic heterocycles. The van der Waals surface area contributed by atoms with Gasteiger partial charge in [0.05, 0.1) is 23.8 Å². The van der Waals surface area contributed by atoms with Crippen LogP contribution in [0, 0.1) is 5.92 Å². The first-order chi connectivity index (χ1) is 18.5. The summed E-state index contributed by atoms with van der Waals surface area (Å²) in [4.78, 5) is 14.5. The number of hydrogen-bond donors (Lipinski definition) is 2. The molecule has 6 nitrogen and oxygen atoms in total. The molecule has 3 aliphatic rings. The summed E-state index contributed by atoms with van der Waals surface area (Å²) < 4.78 is 52.8. The monoisotopic (exact) mass is 545 g/mol. The minimum absolute atomic E-state index is 0.0309. The molecule has 1 amide bonds. The zero-order chi connectivity index (χ0) is 27.8. The molecule has 39 heavy (non-hydrogen) atoms. The highest BCUT2D eigenvalue weighted by atomic mass is 19.4. The Morgan fingerprint density at radius 1 is 1.05 bits per heavy atom. The van der Waals surface area contributed by atoms with Crippen molar-refractivity contribution in [3.63, 3.8) is 0 Å². The number of likely N-dealkylation sites (tertiary alicyclic amines) is 1. The van der Waals surface area contributed by atoms with Crippen LogP contribution in [0.25, 0.3) is 0 Å². The van der Waals surface area contributed by atoms with E-state index in [1.165, 1.54) is 6.07 Å². The summed E-state index contributed by atoms with van der Waals surface area (Å²) in [6.45, 7) is 7.89. The Morgan fingerprint density at radius 3 is 2.44 bits per heavy atom. The number of nitrogens with zero attached hydrogens (tertiary/aromatic N) is 1. The molecule has 3 aliphatic heterocycles. The summed E-state index contributed by atoms with van der Waals surface area (Å²) in [5.74, 6) is 0.0309. The van der Waals surface area contributed by atoms with Crippen LogP contribution in [0.15, 0.2) is 48.5 Å². The van der Waals surface area contributed by atoms with E-state index in [0.29, 0.717) is 11.3 Å². The van der Waals surface area contributed by atoms with E-state index in [0.717, 1.165) is 56.9 Å². The van der Waals surface area contributed by atoms with Gasteiger partial charge < -0.3 is 25.0 Å². The van der Waals surface area contributed by atoms with E-state index in [1.54, 1.807) is 6.07 Å². The molecule has 0 saturated carbocycles. The fourth-order valence-corrected chi connectivity index (χ4v) is 6.08. The topological polar surface area (TPSA) is 62.8 Å². The van der Waals surface area contributed by atoms with Gasteiger partial charge in [-0.1, -0.05) is 30.3 Å². The van der Waals surface area contributed by atoms with Crippen molar-refractivity contribution in [1.82, 2.24) is 10.2 Å². The molecule has 0 spiro atoms. The van der Waals surface area contributed by atoms with E-state index < -0.39 is 29.5 Å². The van der Waals surface area contributed by atoms with Crippen molar-refractivity contribution in [1.29, 1.82) is 0 Å². The van der Waals surface area contributed by atoms with Crippen LogP contribution in [0.4, 0.5) is 23.7 Å². The van der Waals surface area contributed by atoms with Gasteiger partial charge >= 0.3 is 12.3 Å². The van der Waals surface area contributed by atoms with Crippen LogP contribution in [0.3, 0.4) is 0 Å². The molecule has 4 atom stereocenters. The second kappa shape index (κ2) is 11.0. The first-order valence-corrected chi connectivity index (χ1v) is 13.9. The van der Waals surface area contributed by atoms with Gasteiger partial charge in [-0.25, -0.2) is 4.79 Å². The van der Waals surface area contributed by atoms with Crippen LogP contribution in [-0.4, -0.2) is 48.4 Å². The molecule has 2 N–H and O–H groups in total. The van der Waals surface area contributed by atoms with Crippen molar-refractivity contribution in [2.75, 3.05) is 25.0 Å². The molecule has 5 rings (SSSR count). The number of nitrogens with one attached hydrogen (secondary N) is 2. The lowest BCUT2D eigenvalue weighted by atomic mass is 9.76. The van der Waals surface area contributed by atoms with Crippen molar-refractivity contribution in [2.24, 2.45) is 5.92 Å². The van der Waals surface area contributed by atoms with Crippen LogP contribution >= 0.6 is 0 Å². The van der Waals surface area contributed by atoms with Crippen LogP contribution in [0.5, 0.6) is 0 Å². The number of anilines is 1. The summed E-state index contributed by atoms with van der Waals surface area (Å²) >= 11 is 0. The highest BCUT2D eigenvalue weighted by Crippen LogP contribution is 2.51. The lowest BCUT2D eigenvalue weighted by Crippen LogP contribution is -2.49. The molecule has 212 valence electrons. The summed E-state index contributed by atoms with van der Waals surface area (Å²) in [6, 6.07) is 14.0. The van der Waals surface area contributed by atoms with Crippen molar-refractivity contribution >= 4 is 11.8 Å². The molecular formula is C30H38F3N3O3. The van der Waals surface area contributed by atoms with Gasteiger partial charge in [0, 0.05) is 42.8 Å².